The molecule has 0 heterocycles. The minimum absolute atomic E-state index is 0.0262. The Morgan fingerprint density at radius 2 is 1.59 bits per heavy atom. The molecule has 10 heteroatoms. The molecule has 0 unspecified atom stereocenters. The standard InChI is InChI=1S/C31H38ClN3O5S/c1-6-7-18-33-31(37)24(4)34(20-25-12-8-22(2)9-13-25)30(36)21-35(26-14-17-29(40-5)28(32)19-26)41(38,39)27-15-10-23(3)11-16-27/h8-17,19,24H,6-7,18,20-21H2,1-5H3,(H,33,37)/t24-/m0/s1. The summed E-state index contributed by atoms with van der Waals surface area (Å²) in [4.78, 5) is 28.5. The van der Waals surface area contributed by atoms with Crippen molar-refractivity contribution < 1.29 is 22.7 Å². The molecule has 0 bridgehead atoms. The Morgan fingerprint density at radius 1 is 0.976 bits per heavy atom. The van der Waals surface area contributed by atoms with Gasteiger partial charge in [-0.3, -0.25) is 13.9 Å². The number of methoxy groups -OCH3 is 1. The number of anilines is 1. The van der Waals surface area contributed by atoms with Crippen molar-refractivity contribution >= 4 is 39.1 Å². The first-order chi connectivity index (χ1) is 19.5. The predicted molar refractivity (Wildman–Crippen MR) is 163 cm³/mol. The Morgan fingerprint density at radius 3 is 2.15 bits per heavy atom. The molecule has 1 N–H and O–H groups in total. The number of rotatable bonds is 13. The van der Waals surface area contributed by atoms with Gasteiger partial charge in [-0.25, -0.2) is 8.42 Å². The van der Waals surface area contributed by atoms with E-state index in [-0.39, 0.29) is 28.1 Å². The van der Waals surface area contributed by atoms with E-state index in [1.54, 1.807) is 25.1 Å². The van der Waals surface area contributed by atoms with Gasteiger partial charge in [0.1, 0.15) is 18.3 Å². The van der Waals surface area contributed by atoms with Crippen LogP contribution >= 0.6 is 11.6 Å². The Labute approximate surface area is 248 Å². The molecule has 0 fully saturated rings. The van der Waals surface area contributed by atoms with Crippen molar-refractivity contribution in [2.45, 2.75) is 58.0 Å². The smallest absolute Gasteiger partial charge is 0.264 e. The average molecular weight is 600 g/mol. The summed E-state index contributed by atoms with van der Waals surface area (Å²) in [6.45, 7) is 7.57. The molecule has 8 nitrogen and oxygen atoms in total. The van der Waals surface area contributed by atoms with Crippen LogP contribution < -0.4 is 14.4 Å². The van der Waals surface area contributed by atoms with Gasteiger partial charge < -0.3 is 15.0 Å². The van der Waals surface area contributed by atoms with Crippen LogP contribution in [0.5, 0.6) is 5.75 Å². The monoisotopic (exact) mass is 599 g/mol. The molecule has 0 aliphatic carbocycles. The van der Waals surface area contributed by atoms with Crippen LogP contribution in [0.2, 0.25) is 5.02 Å². The number of amides is 2. The van der Waals surface area contributed by atoms with Crippen LogP contribution in [0, 0.1) is 13.8 Å². The maximum absolute atomic E-state index is 14.0. The number of carbonyl (C=O) groups excluding carboxylic acids is 2. The molecule has 1 atom stereocenters. The summed E-state index contributed by atoms with van der Waals surface area (Å²) in [7, 11) is -2.73. The Balaban J connectivity index is 2.03. The van der Waals surface area contributed by atoms with E-state index in [9.17, 15) is 18.0 Å². The van der Waals surface area contributed by atoms with Gasteiger partial charge in [0.05, 0.1) is 22.7 Å². The lowest BCUT2D eigenvalue weighted by atomic mass is 10.1. The fourth-order valence-corrected chi connectivity index (χ4v) is 5.84. The summed E-state index contributed by atoms with van der Waals surface area (Å²) in [5.41, 5.74) is 2.97. The minimum Gasteiger partial charge on any atom is -0.495 e. The van der Waals surface area contributed by atoms with Crippen molar-refractivity contribution in [3.05, 3.63) is 88.4 Å². The summed E-state index contributed by atoms with van der Waals surface area (Å²) in [6, 6.07) is 17.7. The van der Waals surface area contributed by atoms with Gasteiger partial charge in [-0.2, -0.15) is 0 Å². The summed E-state index contributed by atoms with van der Waals surface area (Å²) in [5, 5.41) is 3.08. The normalized spacial score (nSPS) is 12.0. The lowest BCUT2D eigenvalue weighted by Gasteiger charge is -2.32. The lowest BCUT2D eigenvalue weighted by Crippen LogP contribution is -2.51. The van der Waals surface area contributed by atoms with Crippen molar-refractivity contribution in [1.29, 1.82) is 0 Å². The van der Waals surface area contributed by atoms with E-state index >= 15 is 0 Å². The van der Waals surface area contributed by atoms with Gasteiger partial charge in [0, 0.05) is 13.1 Å². The molecule has 0 aliphatic heterocycles. The number of hydrogen-bond donors (Lipinski definition) is 1. The van der Waals surface area contributed by atoms with Crippen molar-refractivity contribution in [2.24, 2.45) is 0 Å². The molecule has 3 rings (SSSR count). The molecule has 0 radical (unpaired) electrons. The van der Waals surface area contributed by atoms with Gasteiger partial charge in [-0.15, -0.1) is 0 Å². The van der Waals surface area contributed by atoms with Gasteiger partial charge >= 0.3 is 0 Å². The molecule has 0 saturated heterocycles. The number of hydrogen-bond acceptors (Lipinski definition) is 5. The maximum Gasteiger partial charge on any atom is 0.264 e. The van der Waals surface area contributed by atoms with Gasteiger partial charge in [-0.05, 0) is 63.1 Å². The quantitative estimate of drug-likeness (QED) is 0.262. The maximum atomic E-state index is 14.0. The average Bonchev–Trinajstić information content (AvgIpc) is 2.95. The van der Waals surface area contributed by atoms with Crippen molar-refractivity contribution in [3.8, 4) is 5.75 Å². The number of nitrogens with one attached hydrogen (secondary N) is 1. The van der Waals surface area contributed by atoms with Crippen molar-refractivity contribution in [2.75, 3.05) is 24.5 Å². The zero-order chi connectivity index (χ0) is 30.2. The highest BCUT2D eigenvalue weighted by Gasteiger charge is 2.32. The predicted octanol–water partition coefficient (Wildman–Crippen LogP) is 5.49. The van der Waals surface area contributed by atoms with Crippen LogP contribution in [-0.4, -0.2) is 51.4 Å². The number of halogens is 1. The van der Waals surface area contributed by atoms with Crippen LogP contribution in [0.4, 0.5) is 5.69 Å². The molecule has 0 spiro atoms. The van der Waals surface area contributed by atoms with Gasteiger partial charge in [0.15, 0.2) is 0 Å². The Kier molecular flexibility index (Phi) is 11.2. The van der Waals surface area contributed by atoms with Crippen LogP contribution in [0.3, 0.4) is 0 Å². The third-order valence-corrected chi connectivity index (χ3v) is 8.87. The molecule has 3 aromatic carbocycles. The second-order valence-corrected chi connectivity index (χ2v) is 12.2. The van der Waals surface area contributed by atoms with Gasteiger partial charge in [0.25, 0.3) is 10.0 Å². The van der Waals surface area contributed by atoms with E-state index in [1.165, 1.54) is 36.3 Å². The molecule has 0 aromatic heterocycles. The molecule has 0 saturated carbocycles. The topological polar surface area (TPSA) is 96.0 Å². The number of unbranched alkanes of at least 4 members (excludes halogenated alkanes) is 1. The summed E-state index contributed by atoms with van der Waals surface area (Å²) < 4.78 is 34.1. The molecular weight excluding hydrogens is 562 g/mol. The Hall–Kier alpha value is -3.56. The number of ether oxygens (including phenoxy) is 1. The second kappa shape index (κ2) is 14.4. The van der Waals surface area contributed by atoms with Crippen LogP contribution in [0.15, 0.2) is 71.6 Å². The van der Waals surface area contributed by atoms with E-state index in [0.717, 1.165) is 33.8 Å². The van der Waals surface area contributed by atoms with E-state index in [0.29, 0.717) is 12.3 Å². The highest BCUT2D eigenvalue weighted by Crippen LogP contribution is 2.32. The Bertz CT molecular complexity index is 1440. The third kappa shape index (κ3) is 8.24. The van der Waals surface area contributed by atoms with Gasteiger partial charge in [-0.1, -0.05) is 72.5 Å². The zero-order valence-electron chi connectivity index (χ0n) is 24.2. The fourth-order valence-electron chi connectivity index (χ4n) is 4.19. The highest BCUT2D eigenvalue weighted by molar-refractivity contribution is 7.92. The zero-order valence-corrected chi connectivity index (χ0v) is 25.8. The first kappa shape index (κ1) is 32.0. The second-order valence-electron chi connectivity index (χ2n) is 9.97. The fraction of sp³-hybridized carbons (Fsp3) is 0.355. The van der Waals surface area contributed by atoms with Crippen LogP contribution in [0.25, 0.3) is 0 Å². The molecule has 220 valence electrons. The van der Waals surface area contributed by atoms with Gasteiger partial charge in [0.2, 0.25) is 11.8 Å². The highest BCUT2D eigenvalue weighted by atomic mass is 35.5. The molecule has 2 amide bonds. The number of sulfonamides is 1. The number of carbonyl (C=O) groups is 2. The summed E-state index contributed by atoms with van der Waals surface area (Å²) >= 11 is 6.37. The summed E-state index contributed by atoms with van der Waals surface area (Å²) in [6.07, 6.45) is 1.72. The van der Waals surface area contributed by atoms with E-state index < -0.39 is 28.5 Å². The number of benzene rings is 3. The van der Waals surface area contributed by atoms with E-state index in [2.05, 4.69) is 5.32 Å². The minimum atomic E-state index is -4.19. The van der Waals surface area contributed by atoms with Crippen LogP contribution in [0.1, 0.15) is 43.4 Å². The van der Waals surface area contributed by atoms with Crippen molar-refractivity contribution in [1.82, 2.24) is 10.2 Å². The van der Waals surface area contributed by atoms with Crippen molar-refractivity contribution in [3.63, 3.8) is 0 Å². The lowest BCUT2D eigenvalue weighted by molar-refractivity contribution is -0.139. The molecule has 0 aliphatic rings. The SMILES string of the molecule is CCCCNC(=O)[C@H](C)N(Cc1ccc(C)cc1)C(=O)CN(c1ccc(OC)c(Cl)c1)S(=O)(=O)c1ccc(C)cc1. The number of nitrogens with zero attached hydrogens (tertiary/aromatic N) is 2. The van der Waals surface area contributed by atoms with Crippen LogP contribution in [-0.2, 0) is 26.2 Å². The number of aryl methyl sites for hydroxylation is 2. The molecule has 41 heavy (non-hydrogen) atoms. The molecular formula is C31H38ClN3O5S. The van der Waals surface area contributed by atoms with E-state index in [1.807, 2.05) is 45.0 Å². The first-order valence-electron chi connectivity index (χ1n) is 13.5. The summed E-state index contributed by atoms with van der Waals surface area (Å²) in [5.74, 6) is -0.474. The third-order valence-electron chi connectivity index (χ3n) is 6.78. The van der Waals surface area contributed by atoms with E-state index in [4.69, 9.17) is 16.3 Å². The molecule has 3 aromatic rings. The first-order valence-corrected chi connectivity index (χ1v) is 15.4. The largest absolute Gasteiger partial charge is 0.495 e.